The van der Waals surface area contributed by atoms with Crippen molar-refractivity contribution in [1.82, 2.24) is 4.90 Å². The van der Waals surface area contributed by atoms with Crippen molar-refractivity contribution in [2.75, 3.05) is 26.5 Å². The molecule has 0 atom stereocenters. The van der Waals surface area contributed by atoms with Gasteiger partial charge in [-0.05, 0) is 27.6 Å². The number of hydrogen-bond acceptors (Lipinski definition) is 1. The van der Waals surface area contributed by atoms with Crippen molar-refractivity contribution in [2.45, 2.75) is 64.7 Å². The first-order valence-electron chi connectivity index (χ1n) is 6.82. The zero-order chi connectivity index (χ0) is 12.6. The van der Waals surface area contributed by atoms with Crippen LogP contribution in [0.25, 0.3) is 0 Å². The third kappa shape index (κ3) is 29.3. The number of unbranched alkanes of at least 4 members (excludes halogenated alkanes) is 8. The van der Waals surface area contributed by atoms with Crippen molar-refractivity contribution in [3.63, 3.8) is 0 Å². The van der Waals surface area contributed by atoms with Gasteiger partial charge in [-0.1, -0.05) is 74.2 Å². The van der Waals surface area contributed by atoms with Crippen LogP contribution in [0.2, 0.25) is 0 Å². The number of halogens is 1. The third-order valence-corrected chi connectivity index (χ3v) is 2.80. The Kier molecular flexibility index (Phi) is 20.9. The average molecular weight is 294 g/mol. The van der Waals surface area contributed by atoms with Crippen molar-refractivity contribution in [3.8, 4) is 0 Å². The van der Waals surface area contributed by atoms with Gasteiger partial charge in [-0.3, -0.25) is 0 Å². The van der Waals surface area contributed by atoms with Gasteiger partial charge in [0.2, 0.25) is 0 Å². The summed E-state index contributed by atoms with van der Waals surface area (Å²) < 4.78 is 0. The molecule has 0 saturated heterocycles. The highest BCUT2D eigenvalue weighted by molar-refractivity contribution is 9.09. The second kappa shape index (κ2) is 17.8. The monoisotopic (exact) mass is 293 g/mol. The van der Waals surface area contributed by atoms with Crippen molar-refractivity contribution in [2.24, 2.45) is 0 Å². The van der Waals surface area contributed by atoms with E-state index in [-0.39, 0.29) is 0 Å². The largest absolute Gasteiger partial charge is 0.312 e. The Labute approximate surface area is 112 Å². The standard InChI is InChI=1S/C11H23Br.C3H9N/c1-2-3-4-5-6-7-8-9-10-11-12;1-4(2)3/h2-11H2,1H3;1-3H3. The van der Waals surface area contributed by atoms with E-state index in [1.165, 1.54) is 63.1 Å². The minimum absolute atomic E-state index is 1.18. The smallest absolute Gasteiger partial charge is 0.00313 e. The highest BCUT2D eigenvalue weighted by atomic mass is 79.9. The molecule has 0 aliphatic carbocycles. The molecule has 0 radical (unpaired) electrons. The molecule has 0 unspecified atom stereocenters. The summed E-state index contributed by atoms with van der Waals surface area (Å²) in [5, 5.41) is 1.18. The molecule has 1 nitrogen and oxygen atoms in total. The Bertz CT molecular complexity index is 92.2. The summed E-state index contributed by atoms with van der Waals surface area (Å²) in [6.45, 7) is 2.27. The zero-order valence-corrected chi connectivity index (χ0v) is 13.5. The van der Waals surface area contributed by atoms with Crippen molar-refractivity contribution >= 4 is 15.9 Å². The molecule has 0 N–H and O–H groups in total. The highest BCUT2D eigenvalue weighted by Gasteiger charge is 1.90. The fourth-order valence-corrected chi connectivity index (χ4v) is 1.80. The van der Waals surface area contributed by atoms with E-state index in [0.29, 0.717) is 0 Å². The first-order chi connectivity index (χ1) is 7.65. The maximum atomic E-state index is 3.45. The van der Waals surface area contributed by atoms with Crippen LogP contribution in [0.1, 0.15) is 64.7 Å². The second-order valence-corrected chi connectivity index (χ2v) is 5.65. The van der Waals surface area contributed by atoms with Crippen LogP contribution in [0.3, 0.4) is 0 Å². The van der Waals surface area contributed by atoms with Crippen molar-refractivity contribution < 1.29 is 0 Å². The van der Waals surface area contributed by atoms with Gasteiger partial charge in [0, 0.05) is 5.33 Å². The van der Waals surface area contributed by atoms with Gasteiger partial charge in [0.05, 0.1) is 0 Å². The van der Waals surface area contributed by atoms with Crippen LogP contribution in [0.15, 0.2) is 0 Å². The van der Waals surface area contributed by atoms with Gasteiger partial charge in [0.25, 0.3) is 0 Å². The van der Waals surface area contributed by atoms with E-state index < -0.39 is 0 Å². The van der Waals surface area contributed by atoms with Gasteiger partial charge in [0.15, 0.2) is 0 Å². The van der Waals surface area contributed by atoms with Gasteiger partial charge < -0.3 is 4.90 Å². The summed E-state index contributed by atoms with van der Waals surface area (Å²) in [6.07, 6.45) is 12.8. The van der Waals surface area contributed by atoms with Crippen LogP contribution in [-0.2, 0) is 0 Å². The maximum Gasteiger partial charge on any atom is 0.00313 e. The molecule has 0 amide bonds. The number of nitrogens with zero attached hydrogens (tertiary/aromatic N) is 1. The lowest BCUT2D eigenvalue weighted by molar-refractivity contribution is 0.505. The Morgan fingerprint density at radius 3 is 1.31 bits per heavy atom. The molecular formula is C14H32BrN. The molecule has 0 spiro atoms. The predicted molar refractivity (Wildman–Crippen MR) is 80.6 cm³/mol. The molecule has 0 fully saturated rings. The minimum Gasteiger partial charge on any atom is -0.312 e. The number of rotatable bonds is 9. The van der Waals surface area contributed by atoms with E-state index in [0.717, 1.165) is 0 Å². The summed E-state index contributed by atoms with van der Waals surface area (Å²) >= 11 is 3.45. The van der Waals surface area contributed by atoms with E-state index in [9.17, 15) is 0 Å². The normalized spacial score (nSPS) is 10.1. The summed E-state index contributed by atoms with van der Waals surface area (Å²) in [5.74, 6) is 0. The molecule has 0 heterocycles. The Balaban J connectivity index is 0. The maximum absolute atomic E-state index is 3.45. The molecule has 100 valence electrons. The van der Waals surface area contributed by atoms with Gasteiger partial charge in [-0.2, -0.15) is 0 Å². The molecule has 0 aromatic carbocycles. The zero-order valence-electron chi connectivity index (χ0n) is 11.9. The molecule has 16 heavy (non-hydrogen) atoms. The molecule has 0 aromatic heterocycles. The molecule has 0 aromatic rings. The van der Waals surface area contributed by atoms with Crippen LogP contribution in [-0.4, -0.2) is 31.4 Å². The summed E-state index contributed by atoms with van der Waals surface area (Å²) in [4.78, 5) is 2.00. The third-order valence-electron chi connectivity index (χ3n) is 2.24. The van der Waals surface area contributed by atoms with Gasteiger partial charge >= 0.3 is 0 Å². The SMILES string of the molecule is CCCCCCCCCCCBr.CN(C)C. The summed E-state index contributed by atoms with van der Waals surface area (Å²) in [6, 6.07) is 0. The van der Waals surface area contributed by atoms with E-state index >= 15 is 0 Å². The minimum atomic E-state index is 1.18. The van der Waals surface area contributed by atoms with E-state index in [1.807, 2.05) is 26.0 Å². The molecule has 2 heteroatoms. The van der Waals surface area contributed by atoms with Gasteiger partial charge in [-0.15, -0.1) is 0 Å². The van der Waals surface area contributed by atoms with E-state index in [4.69, 9.17) is 0 Å². The second-order valence-electron chi connectivity index (χ2n) is 4.86. The van der Waals surface area contributed by atoms with E-state index in [1.54, 1.807) is 0 Å². The quantitative estimate of drug-likeness (QED) is 0.423. The van der Waals surface area contributed by atoms with Crippen LogP contribution in [0, 0.1) is 0 Å². The fourth-order valence-electron chi connectivity index (χ4n) is 1.41. The predicted octanol–water partition coefficient (Wildman–Crippen LogP) is 5.09. The fraction of sp³-hybridized carbons (Fsp3) is 1.00. The Morgan fingerprint density at radius 1 is 0.688 bits per heavy atom. The number of hydrogen-bond donors (Lipinski definition) is 0. The lowest BCUT2D eigenvalue weighted by Gasteiger charge is -1.99. The molecule has 0 bridgehead atoms. The van der Waals surface area contributed by atoms with Crippen molar-refractivity contribution in [1.29, 1.82) is 0 Å². The Hall–Kier alpha value is 0.440. The first kappa shape index (κ1) is 18.8. The van der Waals surface area contributed by atoms with Crippen LogP contribution < -0.4 is 0 Å². The Morgan fingerprint density at radius 2 is 1.00 bits per heavy atom. The first-order valence-corrected chi connectivity index (χ1v) is 7.94. The van der Waals surface area contributed by atoms with Gasteiger partial charge in [-0.25, -0.2) is 0 Å². The van der Waals surface area contributed by atoms with Crippen LogP contribution in [0.5, 0.6) is 0 Å². The number of alkyl halides is 1. The summed E-state index contributed by atoms with van der Waals surface area (Å²) in [5.41, 5.74) is 0. The molecular weight excluding hydrogens is 262 g/mol. The molecule has 0 aliphatic heterocycles. The van der Waals surface area contributed by atoms with Crippen molar-refractivity contribution in [3.05, 3.63) is 0 Å². The summed E-state index contributed by atoms with van der Waals surface area (Å²) in [7, 11) is 6.00. The molecule has 0 rings (SSSR count). The van der Waals surface area contributed by atoms with Gasteiger partial charge in [0.1, 0.15) is 0 Å². The highest BCUT2D eigenvalue weighted by Crippen LogP contribution is 2.09. The lowest BCUT2D eigenvalue weighted by atomic mass is 10.1. The average Bonchev–Trinajstić information content (AvgIpc) is 2.21. The molecule has 0 saturated carbocycles. The molecule has 0 aliphatic rings. The lowest BCUT2D eigenvalue weighted by Crippen LogP contribution is -1.99. The topological polar surface area (TPSA) is 3.24 Å². The van der Waals surface area contributed by atoms with Crippen LogP contribution >= 0.6 is 15.9 Å². The van der Waals surface area contributed by atoms with E-state index in [2.05, 4.69) is 22.9 Å². The van der Waals surface area contributed by atoms with Crippen LogP contribution in [0.4, 0.5) is 0 Å².